The summed E-state index contributed by atoms with van der Waals surface area (Å²) in [5, 5.41) is 0. The minimum Gasteiger partial charge on any atom is -0.467 e. The van der Waals surface area contributed by atoms with E-state index in [9.17, 15) is 4.79 Å². The Labute approximate surface area is 117 Å². The van der Waals surface area contributed by atoms with E-state index in [4.69, 9.17) is 24.7 Å². The lowest BCUT2D eigenvalue weighted by Gasteiger charge is -2.16. The first kappa shape index (κ1) is 16.2. The number of benzene rings is 1. The molecule has 7 nitrogen and oxygen atoms in total. The third-order valence-corrected chi connectivity index (χ3v) is 2.46. The number of ether oxygens (including phenoxy) is 5. The number of esters is 1. The van der Waals surface area contributed by atoms with Crippen molar-refractivity contribution in [2.45, 2.75) is 6.54 Å². The van der Waals surface area contributed by atoms with Crippen LogP contribution in [-0.4, -0.2) is 40.9 Å². The maximum Gasteiger partial charge on any atom is 0.338 e. The van der Waals surface area contributed by atoms with Gasteiger partial charge >= 0.3 is 5.97 Å². The van der Waals surface area contributed by atoms with E-state index in [-0.39, 0.29) is 20.1 Å². The Morgan fingerprint density at radius 1 is 1.05 bits per heavy atom. The quantitative estimate of drug-likeness (QED) is 0.560. The Balaban J connectivity index is 3.19. The van der Waals surface area contributed by atoms with E-state index in [2.05, 4.69) is 4.74 Å². The zero-order valence-corrected chi connectivity index (χ0v) is 11.8. The number of nitrogens with two attached hydrogens (primary N) is 1. The highest BCUT2D eigenvalue weighted by Crippen LogP contribution is 2.31. The van der Waals surface area contributed by atoms with Gasteiger partial charge in [-0.3, -0.25) is 0 Å². The summed E-state index contributed by atoms with van der Waals surface area (Å²) in [6.45, 7) is 0.238. The van der Waals surface area contributed by atoms with Crippen LogP contribution >= 0.6 is 0 Å². The van der Waals surface area contributed by atoms with Crippen molar-refractivity contribution in [2.75, 3.05) is 34.9 Å². The SMILES string of the molecule is COCOc1cc(C(=O)OC)cc(OCOC)c1CN. The molecule has 1 aromatic rings. The highest BCUT2D eigenvalue weighted by Gasteiger charge is 2.16. The highest BCUT2D eigenvalue weighted by atomic mass is 16.7. The number of hydrogen-bond donors (Lipinski definition) is 1. The molecular weight excluding hydrogens is 266 g/mol. The van der Waals surface area contributed by atoms with Gasteiger partial charge in [-0.05, 0) is 12.1 Å². The molecule has 0 amide bonds. The number of hydrogen-bond acceptors (Lipinski definition) is 7. The predicted molar refractivity (Wildman–Crippen MR) is 70.7 cm³/mol. The molecule has 1 aromatic carbocycles. The van der Waals surface area contributed by atoms with Crippen LogP contribution in [0.15, 0.2) is 12.1 Å². The van der Waals surface area contributed by atoms with Gasteiger partial charge in [0.05, 0.1) is 12.7 Å². The molecule has 0 radical (unpaired) electrons. The van der Waals surface area contributed by atoms with Crippen LogP contribution in [0, 0.1) is 0 Å². The van der Waals surface area contributed by atoms with Crippen molar-refractivity contribution in [1.82, 2.24) is 0 Å². The van der Waals surface area contributed by atoms with Crippen molar-refractivity contribution in [3.05, 3.63) is 23.3 Å². The van der Waals surface area contributed by atoms with Gasteiger partial charge in [-0.25, -0.2) is 4.79 Å². The number of carbonyl (C=O) groups excluding carboxylic acids is 1. The molecule has 0 spiro atoms. The summed E-state index contributed by atoms with van der Waals surface area (Å²) in [5.41, 5.74) is 6.61. The molecule has 1 rings (SSSR count). The standard InChI is InChI=1S/C13H19NO6/c1-16-7-19-11-4-9(13(15)18-3)5-12(10(11)6-14)20-8-17-2/h4-5H,6-8,14H2,1-3H3. The van der Waals surface area contributed by atoms with Crippen LogP contribution in [0.25, 0.3) is 0 Å². The lowest BCUT2D eigenvalue weighted by molar-refractivity contribution is 0.0438. The fourth-order valence-electron chi connectivity index (χ4n) is 1.56. The van der Waals surface area contributed by atoms with Crippen LogP contribution in [0.3, 0.4) is 0 Å². The fourth-order valence-corrected chi connectivity index (χ4v) is 1.56. The second-order valence-electron chi connectivity index (χ2n) is 3.75. The Bertz CT molecular complexity index is 419. The maximum absolute atomic E-state index is 11.6. The summed E-state index contributed by atoms with van der Waals surface area (Å²) in [4.78, 5) is 11.6. The molecule has 0 bridgehead atoms. The molecule has 7 heteroatoms. The molecule has 0 aliphatic carbocycles. The van der Waals surface area contributed by atoms with E-state index in [0.29, 0.717) is 22.6 Å². The highest BCUT2D eigenvalue weighted by molar-refractivity contribution is 5.90. The minimum atomic E-state index is -0.502. The Morgan fingerprint density at radius 3 is 1.90 bits per heavy atom. The van der Waals surface area contributed by atoms with Crippen molar-refractivity contribution in [2.24, 2.45) is 5.73 Å². The van der Waals surface area contributed by atoms with Gasteiger partial charge < -0.3 is 29.4 Å². The van der Waals surface area contributed by atoms with Gasteiger partial charge in [0.15, 0.2) is 13.6 Å². The van der Waals surface area contributed by atoms with Crippen LogP contribution in [0.4, 0.5) is 0 Å². The number of carbonyl (C=O) groups is 1. The smallest absolute Gasteiger partial charge is 0.338 e. The lowest BCUT2D eigenvalue weighted by atomic mass is 10.1. The van der Waals surface area contributed by atoms with Gasteiger partial charge in [0.25, 0.3) is 0 Å². The largest absolute Gasteiger partial charge is 0.467 e. The average Bonchev–Trinajstić information content (AvgIpc) is 2.49. The molecule has 2 N–H and O–H groups in total. The van der Waals surface area contributed by atoms with Gasteiger partial charge in [-0.1, -0.05) is 0 Å². The first-order chi connectivity index (χ1) is 9.67. The molecule has 112 valence electrons. The van der Waals surface area contributed by atoms with Crippen molar-refractivity contribution in [3.63, 3.8) is 0 Å². The van der Waals surface area contributed by atoms with Gasteiger partial charge in [0, 0.05) is 26.3 Å². The molecule has 20 heavy (non-hydrogen) atoms. The predicted octanol–water partition coefficient (Wildman–Crippen LogP) is 0.897. The second kappa shape index (κ2) is 8.36. The first-order valence-electron chi connectivity index (χ1n) is 5.86. The van der Waals surface area contributed by atoms with E-state index >= 15 is 0 Å². The average molecular weight is 285 g/mol. The zero-order valence-electron chi connectivity index (χ0n) is 11.8. The van der Waals surface area contributed by atoms with Crippen LogP contribution in [0.1, 0.15) is 15.9 Å². The molecule has 0 aromatic heterocycles. The summed E-state index contributed by atoms with van der Waals surface area (Å²) in [7, 11) is 4.29. The fraction of sp³-hybridized carbons (Fsp3) is 0.462. The van der Waals surface area contributed by atoms with Crippen LogP contribution in [0.5, 0.6) is 11.5 Å². The van der Waals surface area contributed by atoms with Gasteiger partial charge in [0.2, 0.25) is 0 Å². The molecular formula is C13H19NO6. The minimum absolute atomic E-state index is 0.0291. The van der Waals surface area contributed by atoms with Crippen LogP contribution in [-0.2, 0) is 20.8 Å². The summed E-state index contributed by atoms with van der Waals surface area (Å²) in [6, 6.07) is 3.07. The Morgan fingerprint density at radius 2 is 1.55 bits per heavy atom. The van der Waals surface area contributed by atoms with E-state index in [1.54, 1.807) is 0 Å². The van der Waals surface area contributed by atoms with E-state index in [1.165, 1.54) is 33.5 Å². The molecule has 0 aliphatic heterocycles. The first-order valence-corrected chi connectivity index (χ1v) is 5.86. The normalized spacial score (nSPS) is 10.2. The van der Waals surface area contributed by atoms with Crippen LogP contribution in [0.2, 0.25) is 0 Å². The van der Waals surface area contributed by atoms with Crippen molar-refractivity contribution < 1.29 is 28.5 Å². The Hall–Kier alpha value is -1.83. The number of rotatable bonds is 8. The Kier molecular flexibility index (Phi) is 6.78. The van der Waals surface area contributed by atoms with Gasteiger partial charge in [-0.2, -0.15) is 0 Å². The second-order valence-corrected chi connectivity index (χ2v) is 3.75. The van der Waals surface area contributed by atoms with E-state index < -0.39 is 5.97 Å². The molecule has 0 aliphatic rings. The number of methoxy groups -OCH3 is 3. The lowest BCUT2D eigenvalue weighted by Crippen LogP contribution is -2.11. The van der Waals surface area contributed by atoms with Gasteiger partial charge in [0.1, 0.15) is 11.5 Å². The molecule has 0 saturated heterocycles. The van der Waals surface area contributed by atoms with Crippen LogP contribution < -0.4 is 15.2 Å². The third-order valence-electron chi connectivity index (χ3n) is 2.46. The molecule has 0 atom stereocenters. The monoisotopic (exact) mass is 285 g/mol. The summed E-state index contributed by atoms with van der Waals surface area (Å²) in [6.07, 6.45) is 0. The summed E-state index contributed by atoms with van der Waals surface area (Å²) in [5.74, 6) is 0.310. The molecule has 0 unspecified atom stereocenters. The molecule has 0 fully saturated rings. The molecule has 0 heterocycles. The maximum atomic E-state index is 11.6. The van der Waals surface area contributed by atoms with Gasteiger partial charge in [-0.15, -0.1) is 0 Å². The molecule has 0 saturated carbocycles. The topological polar surface area (TPSA) is 89.2 Å². The third kappa shape index (κ3) is 4.09. The van der Waals surface area contributed by atoms with E-state index in [0.717, 1.165) is 0 Å². The van der Waals surface area contributed by atoms with Crippen molar-refractivity contribution >= 4 is 5.97 Å². The summed E-state index contributed by atoms with van der Waals surface area (Å²) < 4.78 is 25.2. The summed E-state index contributed by atoms with van der Waals surface area (Å²) >= 11 is 0. The van der Waals surface area contributed by atoms with E-state index in [1.807, 2.05) is 0 Å². The zero-order chi connectivity index (χ0) is 15.0. The van der Waals surface area contributed by atoms with Crippen molar-refractivity contribution in [1.29, 1.82) is 0 Å². The van der Waals surface area contributed by atoms with Crippen molar-refractivity contribution in [3.8, 4) is 11.5 Å².